The molecule has 48 heavy (non-hydrogen) atoms. The minimum absolute atomic E-state index is 0.0278. The summed E-state index contributed by atoms with van der Waals surface area (Å²) in [7, 11) is 1.36. The third kappa shape index (κ3) is 36.5. The number of unbranched alkanes of at least 4 members (excludes halogenated alkanes) is 21. The quantitative estimate of drug-likeness (QED) is 0.0209. The summed E-state index contributed by atoms with van der Waals surface area (Å²) in [6.07, 6.45) is 33.5. The van der Waals surface area contributed by atoms with Crippen molar-refractivity contribution in [2.45, 2.75) is 180 Å². The number of allylic oxidation sites excluding steroid dienone is 2. The number of hydrogen-bond acceptors (Lipinski definition) is 7. The number of rotatable bonds is 37. The van der Waals surface area contributed by atoms with E-state index in [0.29, 0.717) is 24.1 Å². The number of esters is 1. The molecule has 0 aromatic heterocycles. The van der Waals surface area contributed by atoms with Crippen LogP contribution in [-0.2, 0) is 27.9 Å². The Kier molecular flexibility index (Phi) is 32.9. The Morgan fingerprint density at radius 1 is 0.625 bits per heavy atom. The van der Waals surface area contributed by atoms with Gasteiger partial charge in [0.25, 0.3) is 7.82 Å². The molecule has 0 amide bonds. The molecule has 0 aromatic rings. The van der Waals surface area contributed by atoms with Crippen molar-refractivity contribution in [1.82, 2.24) is 0 Å². The van der Waals surface area contributed by atoms with Gasteiger partial charge in [0, 0.05) is 13.0 Å². The Hall–Kier alpha value is -0.760. The second-order valence-corrected chi connectivity index (χ2v) is 16.1. The highest BCUT2D eigenvalue weighted by molar-refractivity contribution is 7.45. The fourth-order valence-corrected chi connectivity index (χ4v) is 6.15. The molecule has 9 heteroatoms. The van der Waals surface area contributed by atoms with E-state index < -0.39 is 13.9 Å². The highest BCUT2D eigenvalue weighted by atomic mass is 31.2. The van der Waals surface area contributed by atoms with Gasteiger partial charge in [0.05, 0.1) is 34.4 Å². The summed E-state index contributed by atoms with van der Waals surface area (Å²) in [4.78, 5) is 24.9. The first-order valence-corrected chi connectivity index (χ1v) is 21.4. The Morgan fingerprint density at radius 2 is 1.08 bits per heavy atom. The van der Waals surface area contributed by atoms with Crippen LogP contribution in [0.2, 0.25) is 0 Å². The predicted molar refractivity (Wildman–Crippen MR) is 199 cm³/mol. The molecule has 0 aliphatic carbocycles. The van der Waals surface area contributed by atoms with Crippen molar-refractivity contribution in [3.05, 3.63) is 12.2 Å². The van der Waals surface area contributed by atoms with Gasteiger partial charge in [-0.2, -0.15) is 0 Å². The van der Waals surface area contributed by atoms with Crippen LogP contribution in [0.3, 0.4) is 0 Å². The van der Waals surface area contributed by atoms with Gasteiger partial charge in [-0.05, 0) is 38.5 Å². The van der Waals surface area contributed by atoms with Crippen molar-refractivity contribution in [3.8, 4) is 0 Å². The van der Waals surface area contributed by atoms with Crippen LogP contribution in [0, 0.1) is 0 Å². The molecular weight excluding hydrogens is 625 g/mol. The number of phosphoric ester groups is 1. The fourth-order valence-electron chi connectivity index (χ4n) is 5.42. The molecule has 0 aliphatic heterocycles. The Balaban J connectivity index is 4.28. The number of ether oxygens (including phenoxy) is 2. The maximum atomic E-state index is 12.6. The van der Waals surface area contributed by atoms with Gasteiger partial charge in [-0.25, -0.2) is 0 Å². The van der Waals surface area contributed by atoms with Crippen molar-refractivity contribution >= 4 is 13.8 Å². The van der Waals surface area contributed by atoms with Gasteiger partial charge in [0.15, 0.2) is 0 Å². The molecular formula is C39H78NO7P. The number of likely N-dealkylation sites (N-methyl/N-ethyl adjacent to an activating group) is 1. The molecule has 0 heterocycles. The Morgan fingerprint density at radius 3 is 1.62 bits per heavy atom. The van der Waals surface area contributed by atoms with E-state index >= 15 is 0 Å². The molecule has 0 aliphatic rings. The maximum Gasteiger partial charge on any atom is 0.306 e. The summed E-state index contributed by atoms with van der Waals surface area (Å²) in [6.45, 7) is 5.39. The summed E-state index contributed by atoms with van der Waals surface area (Å²) in [5.41, 5.74) is 0. The molecule has 0 saturated carbocycles. The van der Waals surface area contributed by atoms with Crippen molar-refractivity contribution in [1.29, 1.82) is 0 Å². The number of nitrogens with zero attached hydrogens (tertiary/aromatic N) is 1. The van der Waals surface area contributed by atoms with E-state index in [-0.39, 0.29) is 25.8 Å². The fraction of sp³-hybridized carbons (Fsp3) is 0.923. The van der Waals surface area contributed by atoms with Crippen molar-refractivity contribution in [3.63, 3.8) is 0 Å². The first-order chi connectivity index (χ1) is 23.1. The van der Waals surface area contributed by atoms with Crippen molar-refractivity contribution in [2.75, 3.05) is 54.1 Å². The highest BCUT2D eigenvalue weighted by Crippen LogP contribution is 2.38. The first-order valence-electron chi connectivity index (χ1n) is 19.9. The number of hydrogen-bond donors (Lipinski definition) is 0. The minimum atomic E-state index is -4.51. The van der Waals surface area contributed by atoms with Gasteiger partial charge in [0.1, 0.15) is 19.3 Å². The van der Waals surface area contributed by atoms with Gasteiger partial charge in [-0.1, -0.05) is 142 Å². The van der Waals surface area contributed by atoms with E-state index in [1.54, 1.807) is 0 Å². The lowest BCUT2D eigenvalue weighted by Gasteiger charge is -2.28. The van der Waals surface area contributed by atoms with Crippen LogP contribution in [0.5, 0.6) is 0 Å². The zero-order chi connectivity index (χ0) is 35.6. The van der Waals surface area contributed by atoms with Crippen LogP contribution < -0.4 is 4.89 Å². The van der Waals surface area contributed by atoms with Gasteiger partial charge in [0.2, 0.25) is 0 Å². The normalized spacial score (nSPS) is 14.0. The summed E-state index contributed by atoms with van der Waals surface area (Å²) in [6, 6.07) is 0. The van der Waals surface area contributed by atoms with E-state index in [1.807, 2.05) is 21.1 Å². The van der Waals surface area contributed by atoms with Crippen LogP contribution in [0.4, 0.5) is 0 Å². The molecule has 0 rings (SSSR count). The highest BCUT2D eigenvalue weighted by Gasteiger charge is 2.20. The standard InChI is InChI=1S/C39H78NO7P/c1-6-8-10-12-14-16-18-20-22-24-26-28-30-32-39(41)47-38(37-46-48(42,43)45-35-33-40(3,4)5)36-44-34-31-29-27-25-23-21-19-17-15-13-11-9-7-2/h15,17,38H,6-14,16,18-37H2,1-5H3/b17-15-. The molecule has 0 bridgehead atoms. The van der Waals surface area contributed by atoms with E-state index in [1.165, 1.54) is 122 Å². The van der Waals surface area contributed by atoms with Gasteiger partial charge < -0.3 is 27.9 Å². The molecule has 0 N–H and O–H groups in total. The number of phosphoric acid groups is 1. The Labute approximate surface area is 297 Å². The molecule has 0 spiro atoms. The molecule has 0 fully saturated rings. The summed E-state index contributed by atoms with van der Waals surface area (Å²) in [5.74, 6) is -0.335. The predicted octanol–water partition coefficient (Wildman–Crippen LogP) is 10.5. The van der Waals surface area contributed by atoms with E-state index in [2.05, 4.69) is 26.0 Å². The smallest absolute Gasteiger partial charge is 0.306 e. The minimum Gasteiger partial charge on any atom is -0.756 e. The number of carbonyl (C=O) groups is 1. The van der Waals surface area contributed by atoms with Gasteiger partial charge in [-0.3, -0.25) is 9.36 Å². The molecule has 0 saturated heterocycles. The van der Waals surface area contributed by atoms with Gasteiger partial charge in [-0.15, -0.1) is 0 Å². The molecule has 0 aromatic carbocycles. The molecule has 8 nitrogen and oxygen atoms in total. The lowest BCUT2D eigenvalue weighted by atomic mass is 10.0. The van der Waals surface area contributed by atoms with E-state index in [9.17, 15) is 14.3 Å². The second kappa shape index (κ2) is 33.4. The summed E-state index contributed by atoms with van der Waals surface area (Å²) >= 11 is 0. The second-order valence-electron chi connectivity index (χ2n) is 14.6. The van der Waals surface area contributed by atoms with Crippen LogP contribution >= 0.6 is 7.82 Å². The largest absolute Gasteiger partial charge is 0.756 e. The maximum absolute atomic E-state index is 12.6. The van der Waals surface area contributed by atoms with Crippen LogP contribution in [-0.4, -0.2) is 70.7 Å². The molecule has 2 unspecified atom stereocenters. The summed E-state index contributed by atoms with van der Waals surface area (Å²) < 4.78 is 34.5. The lowest BCUT2D eigenvalue weighted by molar-refractivity contribution is -0.870. The first kappa shape index (κ1) is 47.2. The van der Waals surface area contributed by atoms with E-state index in [4.69, 9.17) is 18.5 Å². The third-order valence-corrected chi connectivity index (χ3v) is 9.53. The lowest BCUT2D eigenvalue weighted by Crippen LogP contribution is -2.37. The van der Waals surface area contributed by atoms with Crippen molar-refractivity contribution in [2.24, 2.45) is 0 Å². The van der Waals surface area contributed by atoms with Crippen LogP contribution in [0.15, 0.2) is 12.2 Å². The number of carbonyl (C=O) groups excluding carboxylic acids is 1. The zero-order valence-electron chi connectivity index (χ0n) is 32.2. The molecule has 2 atom stereocenters. The molecule has 286 valence electrons. The van der Waals surface area contributed by atoms with Crippen LogP contribution in [0.25, 0.3) is 0 Å². The van der Waals surface area contributed by atoms with Crippen LogP contribution in [0.1, 0.15) is 174 Å². The van der Waals surface area contributed by atoms with E-state index in [0.717, 1.165) is 32.1 Å². The Bertz CT molecular complexity index is 787. The summed E-state index contributed by atoms with van der Waals surface area (Å²) in [5, 5.41) is 0. The third-order valence-electron chi connectivity index (χ3n) is 8.57. The topological polar surface area (TPSA) is 94.1 Å². The average Bonchev–Trinajstić information content (AvgIpc) is 3.03. The monoisotopic (exact) mass is 704 g/mol. The van der Waals surface area contributed by atoms with Gasteiger partial charge >= 0.3 is 5.97 Å². The SMILES string of the molecule is CCCCC/C=C\CCCCCCCCOCC(COP(=O)([O-])OCC[N+](C)(C)C)OC(=O)CCCCCCCCCCCCCCC. The zero-order valence-corrected chi connectivity index (χ0v) is 33.1. The number of quaternary nitrogens is 1. The molecule has 0 radical (unpaired) electrons. The van der Waals surface area contributed by atoms with Crippen molar-refractivity contribution < 1.29 is 37.3 Å². The average molecular weight is 704 g/mol.